The number of ether oxygens (including phenoxy) is 2. The lowest BCUT2D eigenvalue weighted by Crippen LogP contribution is -2.59. The second-order valence-corrected chi connectivity index (χ2v) is 14.4. The van der Waals surface area contributed by atoms with E-state index in [9.17, 15) is 9.59 Å². The zero-order valence-electron chi connectivity index (χ0n) is 26.7. The molecule has 11 heteroatoms. The fourth-order valence-electron chi connectivity index (χ4n) is 6.88. The van der Waals surface area contributed by atoms with Crippen LogP contribution in [-0.4, -0.2) is 73.7 Å². The molecule has 2 aliphatic rings. The number of hydrogen-bond donors (Lipinski definition) is 2. The highest BCUT2D eigenvalue weighted by molar-refractivity contribution is 6.24. The van der Waals surface area contributed by atoms with E-state index in [4.69, 9.17) is 9.47 Å². The van der Waals surface area contributed by atoms with E-state index in [0.29, 0.717) is 5.82 Å². The fourth-order valence-corrected chi connectivity index (χ4v) is 6.88. The van der Waals surface area contributed by atoms with Gasteiger partial charge in [-0.25, -0.2) is 19.6 Å². The fraction of sp³-hybridized carbons (Fsp3) is 0.767. The van der Waals surface area contributed by atoms with E-state index in [-0.39, 0.29) is 58.1 Å². The van der Waals surface area contributed by atoms with Gasteiger partial charge in [-0.05, 0) is 114 Å². The molecule has 0 amide bonds. The number of nitrogens with zero attached hydrogens (tertiary/aromatic N) is 5. The Kier molecular flexibility index (Phi) is 9.75. The van der Waals surface area contributed by atoms with Crippen LogP contribution in [0, 0.1) is 18.8 Å². The largest absolute Gasteiger partial charge is 0.458 e. The van der Waals surface area contributed by atoms with Crippen LogP contribution in [0.4, 0.5) is 11.9 Å². The number of piperidine rings is 2. The van der Waals surface area contributed by atoms with Crippen molar-refractivity contribution in [3.63, 3.8) is 0 Å². The van der Waals surface area contributed by atoms with Crippen LogP contribution >= 0.6 is 0 Å². The summed E-state index contributed by atoms with van der Waals surface area (Å²) in [5.74, 6) is -0.365. The van der Waals surface area contributed by atoms with Crippen molar-refractivity contribution in [2.24, 2.45) is 21.8 Å². The lowest BCUT2D eigenvalue weighted by molar-refractivity contribution is -0.144. The number of carbonyl (C=O) groups excluding carboxylic acids is 2. The number of nitrogens with one attached hydrogen (secondary N) is 2. The number of aromatic nitrogens is 3. The molecule has 2 N–H and O–H groups in total. The van der Waals surface area contributed by atoms with Gasteiger partial charge in [0.25, 0.3) is 11.9 Å². The monoisotopic (exact) mass is 571 g/mol. The summed E-state index contributed by atoms with van der Waals surface area (Å²) in [6.07, 6.45) is 5.16. The number of aryl methyl sites for hydroxylation is 1. The van der Waals surface area contributed by atoms with Crippen molar-refractivity contribution in [1.29, 1.82) is 0 Å². The third-order valence-electron chi connectivity index (χ3n) is 7.67. The molecule has 1 aromatic rings. The van der Waals surface area contributed by atoms with Gasteiger partial charge in [-0.15, -0.1) is 0 Å². The molecule has 0 bridgehead atoms. The van der Waals surface area contributed by atoms with Crippen molar-refractivity contribution in [3.8, 4) is 0 Å². The molecule has 2 unspecified atom stereocenters. The SMILES string of the molecule is Cc1nc(N=CC(=O)OC(C)C2CC(C)(C)NC(C)(C)C2)nc(N=CC(=O)OC(C)C2CC(C)(C)NC(C)(C)C2)n1. The maximum Gasteiger partial charge on any atom is 0.349 e. The molecule has 0 saturated carbocycles. The van der Waals surface area contributed by atoms with Crippen molar-refractivity contribution >= 4 is 36.3 Å². The number of esters is 2. The Morgan fingerprint density at radius 2 is 1.02 bits per heavy atom. The van der Waals surface area contributed by atoms with E-state index in [1.807, 2.05) is 13.8 Å². The molecule has 3 heterocycles. The molecule has 0 aromatic carbocycles. The summed E-state index contributed by atoms with van der Waals surface area (Å²) in [5, 5.41) is 7.28. The minimum Gasteiger partial charge on any atom is -0.458 e. The second-order valence-electron chi connectivity index (χ2n) is 14.4. The number of aliphatic imine (C=N–C) groups is 2. The molecule has 0 aliphatic carbocycles. The van der Waals surface area contributed by atoms with Crippen LogP contribution in [0.2, 0.25) is 0 Å². The van der Waals surface area contributed by atoms with Crippen LogP contribution in [0.3, 0.4) is 0 Å². The molecule has 3 rings (SSSR count). The standard InChI is InChI=1S/C30H49N7O4/c1-18(21-12-27(4,5)36-28(6,7)13-21)40-23(38)16-31-25-33-20(3)34-26(35-25)32-17-24(39)41-19(2)22-14-29(8,9)37-30(10,11)15-22/h16-19,21-22,36-37H,12-15H2,1-11H3. The highest BCUT2D eigenvalue weighted by atomic mass is 16.5. The van der Waals surface area contributed by atoms with Crippen LogP contribution in [-0.2, 0) is 19.1 Å². The summed E-state index contributed by atoms with van der Waals surface area (Å²) in [5.41, 5.74) is -0.198. The van der Waals surface area contributed by atoms with E-state index in [1.54, 1.807) is 6.92 Å². The van der Waals surface area contributed by atoms with Gasteiger partial charge in [0.2, 0.25) is 0 Å². The Hall–Kier alpha value is -2.79. The summed E-state index contributed by atoms with van der Waals surface area (Å²) >= 11 is 0. The molecule has 2 aliphatic heterocycles. The lowest BCUT2D eigenvalue weighted by atomic mass is 9.74. The second kappa shape index (κ2) is 12.2. The molecule has 0 spiro atoms. The van der Waals surface area contributed by atoms with Gasteiger partial charge in [0.15, 0.2) is 0 Å². The molecule has 0 radical (unpaired) electrons. The molecule has 11 nitrogen and oxygen atoms in total. The van der Waals surface area contributed by atoms with Gasteiger partial charge in [0.1, 0.15) is 30.5 Å². The Morgan fingerprint density at radius 1 is 0.707 bits per heavy atom. The maximum absolute atomic E-state index is 12.5. The maximum atomic E-state index is 12.5. The Labute approximate surface area is 244 Å². The van der Waals surface area contributed by atoms with Crippen molar-refractivity contribution < 1.29 is 19.1 Å². The molecular formula is C30H49N7O4. The average molecular weight is 572 g/mol. The predicted octanol–water partition coefficient (Wildman–Crippen LogP) is 4.56. The van der Waals surface area contributed by atoms with E-state index in [1.165, 1.54) is 0 Å². The zero-order chi connectivity index (χ0) is 30.8. The van der Waals surface area contributed by atoms with Crippen molar-refractivity contribution in [2.75, 3.05) is 0 Å². The van der Waals surface area contributed by atoms with Crippen LogP contribution in [0.1, 0.15) is 101 Å². The van der Waals surface area contributed by atoms with Crippen LogP contribution in [0.15, 0.2) is 9.98 Å². The van der Waals surface area contributed by atoms with E-state index >= 15 is 0 Å². The molecule has 1 aromatic heterocycles. The third-order valence-corrected chi connectivity index (χ3v) is 7.67. The van der Waals surface area contributed by atoms with E-state index in [0.717, 1.165) is 38.1 Å². The quantitative estimate of drug-likeness (QED) is 0.339. The lowest BCUT2D eigenvalue weighted by Gasteiger charge is -2.47. The average Bonchev–Trinajstić information content (AvgIpc) is 2.77. The molecule has 41 heavy (non-hydrogen) atoms. The zero-order valence-corrected chi connectivity index (χ0v) is 26.7. The first kappa shape index (κ1) is 32.7. The van der Waals surface area contributed by atoms with Crippen LogP contribution in [0.5, 0.6) is 0 Å². The highest BCUT2D eigenvalue weighted by Gasteiger charge is 2.41. The summed E-state index contributed by atoms with van der Waals surface area (Å²) in [6, 6.07) is 0. The normalized spacial score (nSPS) is 23.8. The van der Waals surface area contributed by atoms with Gasteiger partial charge in [-0.3, -0.25) is 0 Å². The smallest absolute Gasteiger partial charge is 0.349 e. The molecule has 2 saturated heterocycles. The van der Waals surface area contributed by atoms with Gasteiger partial charge in [-0.2, -0.15) is 15.0 Å². The number of rotatable bonds is 8. The van der Waals surface area contributed by atoms with Gasteiger partial charge in [-0.1, -0.05) is 0 Å². The third kappa shape index (κ3) is 10.2. The molecule has 2 atom stereocenters. The molecule has 2 fully saturated rings. The van der Waals surface area contributed by atoms with E-state index in [2.05, 4.69) is 91.0 Å². The molecule has 228 valence electrons. The van der Waals surface area contributed by atoms with Gasteiger partial charge < -0.3 is 20.1 Å². The summed E-state index contributed by atoms with van der Waals surface area (Å²) in [4.78, 5) is 45.7. The predicted molar refractivity (Wildman–Crippen MR) is 160 cm³/mol. The van der Waals surface area contributed by atoms with Gasteiger partial charge in [0, 0.05) is 22.2 Å². The van der Waals surface area contributed by atoms with Crippen LogP contribution < -0.4 is 10.6 Å². The van der Waals surface area contributed by atoms with Gasteiger partial charge in [0.05, 0.1) is 0 Å². The molecular weight excluding hydrogens is 522 g/mol. The first-order chi connectivity index (χ1) is 18.7. The minimum atomic E-state index is -0.573. The Morgan fingerprint density at radius 3 is 1.34 bits per heavy atom. The van der Waals surface area contributed by atoms with Gasteiger partial charge >= 0.3 is 11.9 Å². The first-order valence-electron chi connectivity index (χ1n) is 14.5. The highest BCUT2D eigenvalue weighted by Crippen LogP contribution is 2.36. The minimum absolute atomic E-state index is 0.000657. The number of carbonyl (C=O) groups is 2. The topological polar surface area (TPSA) is 140 Å². The van der Waals surface area contributed by atoms with Crippen molar-refractivity contribution in [2.45, 2.75) is 136 Å². The summed E-state index contributed by atoms with van der Waals surface area (Å²) in [6.45, 7) is 22.8. The number of hydrogen-bond acceptors (Lipinski definition) is 11. The Balaban J connectivity index is 1.58. The summed E-state index contributed by atoms with van der Waals surface area (Å²) in [7, 11) is 0. The first-order valence-corrected chi connectivity index (χ1v) is 14.5. The van der Waals surface area contributed by atoms with E-state index < -0.39 is 11.9 Å². The van der Waals surface area contributed by atoms with Crippen LogP contribution in [0.25, 0.3) is 0 Å². The summed E-state index contributed by atoms with van der Waals surface area (Å²) < 4.78 is 11.3. The van der Waals surface area contributed by atoms with Crippen molar-refractivity contribution in [1.82, 2.24) is 25.6 Å². The Bertz CT molecular complexity index is 1060. The van der Waals surface area contributed by atoms with Crippen molar-refractivity contribution in [3.05, 3.63) is 5.82 Å².